The normalized spacial score (nSPS) is 19.4. The van der Waals surface area contributed by atoms with Gasteiger partial charge in [0.15, 0.2) is 0 Å². The van der Waals surface area contributed by atoms with Gasteiger partial charge in [0.05, 0.1) is 23.3 Å². The maximum absolute atomic E-state index is 8.76. The van der Waals surface area contributed by atoms with Crippen LogP contribution in [-0.2, 0) is 0 Å². The molecular weight excluding hydrogens is 200 g/mol. The highest BCUT2D eigenvalue weighted by molar-refractivity contribution is 6.32. The van der Waals surface area contributed by atoms with E-state index in [9.17, 15) is 0 Å². The van der Waals surface area contributed by atoms with E-state index in [0.717, 1.165) is 12.0 Å². The van der Waals surface area contributed by atoms with Crippen molar-refractivity contribution in [3.05, 3.63) is 28.3 Å². The Hall–Kier alpha value is -1.24. The quantitative estimate of drug-likeness (QED) is 0.710. The van der Waals surface area contributed by atoms with Crippen LogP contribution < -0.4 is 10.5 Å². The summed E-state index contributed by atoms with van der Waals surface area (Å²) in [6, 6.07) is 5.30. The Morgan fingerprint density at radius 1 is 1.57 bits per heavy atom. The van der Waals surface area contributed by atoms with Gasteiger partial charge in [-0.15, -0.1) is 0 Å². The zero-order chi connectivity index (χ0) is 10.1. The molecular formula is C10H9ClN2O. The van der Waals surface area contributed by atoms with Gasteiger partial charge >= 0.3 is 0 Å². The predicted molar refractivity (Wildman–Crippen MR) is 53.2 cm³/mol. The maximum Gasteiger partial charge on any atom is 0.142 e. The smallest absolute Gasteiger partial charge is 0.142 e. The molecule has 0 saturated carbocycles. The monoisotopic (exact) mass is 208 g/mol. The molecule has 2 N–H and O–H groups in total. The molecule has 0 amide bonds. The first-order valence-electron chi connectivity index (χ1n) is 4.34. The maximum atomic E-state index is 8.76. The van der Waals surface area contributed by atoms with Gasteiger partial charge in [0.2, 0.25) is 0 Å². The third-order valence-corrected chi connectivity index (χ3v) is 2.56. The molecule has 0 bridgehead atoms. The molecule has 0 saturated heterocycles. The Morgan fingerprint density at radius 3 is 3.07 bits per heavy atom. The highest BCUT2D eigenvalue weighted by Crippen LogP contribution is 2.37. The van der Waals surface area contributed by atoms with Crippen LogP contribution in [0.3, 0.4) is 0 Å². The number of hydrogen-bond donors (Lipinski definition) is 1. The molecule has 72 valence electrons. The van der Waals surface area contributed by atoms with Crippen molar-refractivity contribution < 1.29 is 4.74 Å². The van der Waals surface area contributed by atoms with Crippen LogP contribution in [0.5, 0.6) is 5.75 Å². The fourth-order valence-electron chi connectivity index (χ4n) is 1.55. The number of ether oxygens (including phenoxy) is 1. The minimum Gasteiger partial charge on any atom is -0.492 e. The highest BCUT2D eigenvalue weighted by atomic mass is 35.5. The summed E-state index contributed by atoms with van der Waals surface area (Å²) in [6.45, 7) is 0.583. The van der Waals surface area contributed by atoms with E-state index in [-0.39, 0.29) is 6.04 Å². The summed E-state index contributed by atoms with van der Waals surface area (Å²) < 4.78 is 5.40. The van der Waals surface area contributed by atoms with Gasteiger partial charge < -0.3 is 10.5 Å². The zero-order valence-electron chi connectivity index (χ0n) is 7.46. The van der Waals surface area contributed by atoms with Crippen LogP contribution in [0.25, 0.3) is 0 Å². The van der Waals surface area contributed by atoms with E-state index >= 15 is 0 Å². The lowest BCUT2D eigenvalue weighted by atomic mass is 9.99. The molecule has 2 rings (SSSR count). The number of benzene rings is 1. The van der Waals surface area contributed by atoms with Crippen molar-refractivity contribution in [3.63, 3.8) is 0 Å². The van der Waals surface area contributed by atoms with Gasteiger partial charge in [0, 0.05) is 18.0 Å². The summed E-state index contributed by atoms with van der Waals surface area (Å²) in [6.07, 6.45) is 0.762. The number of nitrogens with two attached hydrogens (primary N) is 1. The van der Waals surface area contributed by atoms with Gasteiger partial charge in [0.25, 0.3) is 0 Å². The Kier molecular flexibility index (Phi) is 2.32. The molecule has 0 spiro atoms. The topological polar surface area (TPSA) is 59.0 Å². The van der Waals surface area contributed by atoms with E-state index in [1.807, 2.05) is 6.07 Å². The SMILES string of the molecule is N#Cc1cc(Cl)c2c(c1)C(N)CCO2. The number of rotatable bonds is 0. The molecule has 1 aromatic rings. The van der Waals surface area contributed by atoms with Crippen molar-refractivity contribution in [2.45, 2.75) is 12.5 Å². The van der Waals surface area contributed by atoms with Gasteiger partial charge in [-0.1, -0.05) is 11.6 Å². The first kappa shape index (κ1) is 9.32. The Balaban J connectivity index is 2.58. The van der Waals surface area contributed by atoms with Crippen LogP contribution in [0.4, 0.5) is 0 Å². The average Bonchev–Trinajstić information content (AvgIpc) is 2.19. The number of fused-ring (bicyclic) bond motifs is 1. The van der Waals surface area contributed by atoms with E-state index in [2.05, 4.69) is 0 Å². The molecule has 1 heterocycles. The van der Waals surface area contributed by atoms with Gasteiger partial charge in [-0.25, -0.2) is 0 Å². The van der Waals surface area contributed by atoms with Crippen molar-refractivity contribution in [2.75, 3.05) is 6.61 Å². The van der Waals surface area contributed by atoms with Crippen molar-refractivity contribution in [1.82, 2.24) is 0 Å². The minimum absolute atomic E-state index is 0.0791. The second-order valence-electron chi connectivity index (χ2n) is 3.23. The van der Waals surface area contributed by atoms with Crippen LogP contribution in [-0.4, -0.2) is 6.61 Å². The molecule has 1 aromatic carbocycles. The Bertz CT molecular complexity index is 411. The molecule has 0 fully saturated rings. The van der Waals surface area contributed by atoms with Gasteiger partial charge in [-0.2, -0.15) is 5.26 Å². The summed E-state index contributed by atoms with van der Waals surface area (Å²) in [5.74, 6) is 0.629. The van der Waals surface area contributed by atoms with E-state index < -0.39 is 0 Å². The van der Waals surface area contributed by atoms with Crippen LogP contribution in [0, 0.1) is 11.3 Å². The van der Waals surface area contributed by atoms with Crippen LogP contribution in [0.1, 0.15) is 23.6 Å². The molecule has 0 radical (unpaired) electrons. The fourth-order valence-corrected chi connectivity index (χ4v) is 1.83. The van der Waals surface area contributed by atoms with Crippen LogP contribution >= 0.6 is 11.6 Å². The molecule has 1 atom stereocenters. The summed E-state index contributed by atoms with van der Waals surface area (Å²) >= 11 is 5.96. The molecule has 1 aliphatic rings. The Labute approximate surface area is 87.0 Å². The molecule has 4 heteroatoms. The van der Waals surface area contributed by atoms with Gasteiger partial charge in [0.1, 0.15) is 5.75 Å². The first-order valence-corrected chi connectivity index (χ1v) is 4.72. The second-order valence-corrected chi connectivity index (χ2v) is 3.64. The minimum atomic E-state index is -0.0791. The number of halogens is 1. The van der Waals surface area contributed by atoms with Crippen molar-refractivity contribution in [2.24, 2.45) is 5.73 Å². The molecule has 1 unspecified atom stereocenters. The van der Waals surface area contributed by atoms with E-state index in [1.54, 1.807) is 12.1 Å². The standard InChI is InChI=1S/C10H9ClN2O/c11-8-4-6(5-12)3-7-9(13)1-2-14-10(7)8/h3-4,9H,1-2,13H2. The molecule has 0 aliphatic carbocycles. The number of hydrogen-bond acceptors (Lipinski definition) is 3. The molecule has 14 heavy (non-hydrogen) atoms. The van der Waals surface area contributed by atoms with Crippen molar-refractivity contribution >= 4 is 11.6 Å². The highest BCUT2D eigenvalue weighted by Gasteiger charge is 2.21. The fraction of sp³-hybridized carbons (Fsp3) is 0.300. The summed E-state index contributed by atoms with van der Waals surface area (Å²) in [4.78, 5) is 0. The molecule has 0 aromatic heterocycles. The Morgan fingerprint density at radius 2 is 2.36 bits per heavy atom. The number of nitrogens with zero attached hydrogens (tertiary/aromatic N) is 1. The van der Waals surface area contributed by atoms with Gasteiger partial charge in [-0.3, -0.25) is 0 Å². The lowest BCUT2D eigenvalue weighted by Gasteiger charge is -2.23. The summed E-state index contributed by atoms with van der Waals surface area (Å²) in [5, 5.41) is 9.23. The lowest BCUT2D eigenvalue weighted by molar-refractivity contribution is 0.269. The van der Waals surface area contributed by atoms with Crippen molar-refractivity contribution in [1.29, 1.82) is 5.26 Å². The zero-order valence-corrected chi connectivity index (χ0v) is 8.21. The van der Waals surface area contributed by atoms with E-state index in [0.29, 0.717) is 22.9 Å². The second kappa shape index (κ2) is 3.49. The number of nitriles is 1. The predicted octanol–water partition coefficient (Wildman–Crippen LogP) is 1.99. The van der Waals surface area contributed by atoms with Gasteiger partial charge in [-0.05, 0) is 12.1 Å². The summed E-state index contributed by atoms with van der Waals surface area (Å²) in [5.41, 5.74) is 7.25. The third-order valence-electron chi connectivity index (χ3n) is 2.28. The average molecular weight is 209 g/mol. The third kappa shape index (κ3) is 1.43. The van der Waals surface area contributed by atoms with Crippen LogP contribution in [0.2, 0.25) is 5.02 Å². The first-order chi connectivity index (χ1) is 6.72. The molecule has 1 aliphatic heterocycles. The molecule has 3 nitrogen and oxygen atoms in total. The van der Waals surface area contributed by atoms with Crippen molar-refractivity contribution in [3.8, 4) is 11.8 Å². The van der Waals surface area contributed by atoms with E-state index in [4.69, 9.17) is 27.3 Å². The lowest BCUT2D eigenvalue weighted by Crippen LogP contribution is -2.20. The largest absolute Gasteiger partial charge is 0.492 e. The summed E-state index contributed by atoms with van der Waals surface area (Å²) in [7, 11) is 0. The van der Waals surface area contributed by atoms with Crippen LogP contribution in [0.15, 0.2) is 12.1 Å². The van der Waals surface area contributed by atoms with E-state index in [1.165, 1.54) is 0 Å².